The van der Waals surface area contributed by atoms with Crippen molar-refractivity contribution in [2.45, 2.75) is 44.6 Å². The Morgan fingerprint density at radius 3 is 2.75 bits per heavy atom. The average molecular weight is 277 g/mol. The van der Waals surface area contributed by atoms with Gasteiger partial charge in [-0.2, -0.15) is 0 Å². The van der Waals surface area contributed by atoms with Crippen LogP contribution in [-0.2, 0) is 14.3 Å². The number of methoxy groups -OCH3 is 1. The van der Waals surface area contributed by atoms with E-state index in [0.29, 0.717) is 18.3 Å². The molecular weight excluding hydrogens is 254 g/mol. The van der Waals surface area contributed by atoms with Gasteiger partial charge in [0.2, 0.25) is 5.91 Å². The Morgan fingerprint density at radius 2 is 2.10 bits per heavy atom. The smallest absolute Gasteiger partial charge is 0.307 e. The van der Waals surface area contributed by atoms with Gasteiger partial charge in [-0.1, -0.05) is 12.2 Å². The number of fused-ring (bicyclic) bond motifs is 2. The lowest BCUT2D eigenvalue weighted by molar-refractivity contribution is -0.146. The second kappa shape index (κ2) is 5.58. The summed E-state index contributed by atoms with van der Waals surface area (Å²) in [5, 5.41) is 0. The first kappa shape index (κ1) is 13.7. The fourth-order valence-corrected chi connectivity index (χ4v) is 4.06. The molecule has 0 N–H and O–H groups in total. The first-order chi connectivity index (χ1) is 9.69. The fraction of sp³-hybridized carbons (Fsp3) is 0.750. The van der Waals surface area contributed by atoms with Gasteiger partial charge < -0.3 is 9.64 Å². The minimum atomic E-state index is -0.206. The summed E-state index contributed by atoms with van der Waals surface area (Å²) in [6.45, 7) is 0.804. The third kappa shape index (κ3) is 2.48. The van der Waals surface area contributed by atoms with Gasteiger partial charge in [0.15, 0.2) is 0 Å². The lowest BCUT2D eigenvalue weighted by Gasteiger charge is -2.38. The SMILES string of the molecule is COC(=O)CC1CCCCN1C(=O)C1CC2C=CC1C2. The van der Waals surface area contributed by atoms with Gasteiger partial charge in [0.1, 0.15) is 0 Å². The predicted octanol–water partition coefficient (Wildman–Crippen LogP) is 2.14. The number of carbonyl (C=O) groups excluding carboxylic acids is 2. The first-order valence-electron chi connectivity index (χ1n) is 7.74. The number of nitrogens with zero attached hydrogens (tertiary/aromatic N) is 1. The van der Waals surface area contributed by atoms with Gasteiger partial charge in [0.25, 0.3) is 0 Å². The van der Waals surface area contributed by atoms with Gasteiger partial charge in [0, 0.05) is 18.5 Å². The maximum atomic E-state index is 12.8. The fourth-order valence-electron chi connectivity index (χ4n) is 4.06. The van der Waals surface area contributed by atoms with Gasteiger partial charge in [0.05, 0.1) is 13.5 Å². The summed E-state index contributed by atoms with van der Waals surface area (Å²) in [4.78, 5) is 26.3. The highest BCUT2D eigenvalue weighted by Crippen LogP contribution is 2.44. The van der Waals surface area contributed by atoms with Gasteiger partial charge in [-0.3, -0.25) is 9.59 Å². The quantitative estimate of drug-likeness (QED) is 0.586. The molecule has 2 bridgehead atoms. The van der Waals surface area contributed by atoms with Crippen LogP contribution in [0, 0.1) is 17.8 Å². The number of carbonyl (C=O) groups is 2. The number of amides is 1. The van der Waals surface area contributed by atoms with Crippen LogP contribution in [-0.4, -0.2) is 36.5 Å². The van der Waals surface area contributed by atoms with E-state index in [2.05, 4.69) is 12.2 Å². The molecule has 1 aliphatic heterocycles. The summed E-state index contributed by atoms with van der Waals surface area (Å²) in [5.74, 6) is 1.27. The molecule has 2 aliphatic carbocycles. The van der Waals surface area contributed by atoms with E-state index in [0.717, 1.165) is 38.6 Å². The van der Waals surface area contributed by atoms with E-state index in [1.807, 2.05) is 4.90 Å². The Balaban J connectivity index is 1.68. The topological polar surface area (TPSA) is 46.6 Å². The van der Waals surface area contributed by atoms with Crippen LogP contribution in [0.2, 0.25) is 0 Å². The van der Waals surface area contributed by atoms with Gasteiger partial charge in [-0.05, 0) is 43.9 Å². The number of rotatable bonds is 3. The van der Waals surface area contributed by atoms with Crippen molar-refractivity contribution in [3.05, 3.63) is 12.2 Å². The van der Waals surface area contributed by atoms with Crippen LogP contribution in [0.5, 0.6) is 0 Å². The molecule has 4 nitrogen and oxygen atoms in total. The second-order valence-corrected chi connectivity index (χ2v) is 6.35. The minimum absolute atomic E-state index is 0.0480. The zero-order valence-electron chi connectivity index (χ0n) is 12.1. The Bertz CT molecular complexity index is 431. The molecule has 1 amide bonds. The molecule has 110 valence electrons. The molecule has 1 saturated heterocycles. The van der Waals surface area contributed by atoms with Crippen LogP contribution >= 0.6 is 0 Å². The third-order valence-corrected chi connectivity index (χ3v) is 5.14. The van der Waals surface area contributed by atoms with Gasteiger partial charge >= 0.3 is 5.97 Å². The summed E-state index contributed by atoms with van der Waals surface area (Å²) in [7, 11) is 1.41. The number of hydrogen-bond acceptors (Lipinski definition) is 3. The minimum Gasteiger partial charge on any atom is -0.469 e. The predicted molar refractivity (Wildman–Crippen MR) is 74.8 cm³/mol. The molecule has 4 unspecified atom stereocenters. The van der Waals surface area contributed by atoms with Crippen LogP contribution in [0.4, 0.5) is 0 Å². The maximum Gasteiger partial charge on any atom is 0.307 e. The molecule has 4 atom stereocenters. The van der Waals surface area contributed by atoms with Crippen LogP contribution in [0.3, 0.4) is 0 Å². The Hall–Kier alpha value is -1.32. The standard InChI is InChI=1S/C16H23NO3/c1-20-15(18)10-13-4-2-3-7-17(13)16(19)14-9-11-5-6-12(14)8-11/h5-6,11-14H,2-4,7-10H2,1H3. The van der Waals surface area contributed by atoms with Crippen LogP contribution < -0.4 is 0 Å². The zero-order chi connectivity index (χ0) is 14.1. The molecule has 1 saturated carbocycles. The molecule has 0 aromatic heterocycles. The highest BCUT2D eigenvalue weighted by atomic mass is 16.5. The number of esters is 1. The lowest BCUT2D eigenvalue weighted by atomic mass is 9.89. The van der Waals surface area contributed by atoms with Gasteiger partial charge in [-0.25, -0.2) is 0 Å². The van der Waals surface area contributed by atoms with E-state index in [4.69, 9.17) is 4.74 Å². The molecule has 1 heterocycles. The van der Waals surface area contributed by atoms with Crippen molar-refractivity contribution in [3.8, 4) is 0 Å². The summed E-state index contributed by atoms with van der Waals surface area (Å²) < 4.78 is 4.77. The number of allylic oxidation sites excluding steroid dienone is 2. The number of likely N-dealkylation sites (tertiary alicyclic amines) is 1. The summed E-state index contributed by atoms with van der Waals surface area (Å²) in [6, 6.07) is 0.0480. The normalized spacial score (nSPS) is 35.4. The molecule has 3 aliphatic rings. The van der Waals surface area contributed by atoms with E-state index in [1.165, 1.54) is 7.11 Å². The molecule has 20 heavy (non-hydrogen) atoms. The summed E-state index contributed by atoms with van der Waals surface area (Å²) >= 11 is 0. The number of piperidine rings is 1. The molecule has 0 aromatic rings. The molecule has 0 spiro atoms. The molecule has 3 rings (SSSR count). The van der Waals surface area contributed by atoms with E-state index in [9.17, 15) is 9.59 Å². The van der Waals surface area contributed by atoms with Crippen molar-refractivity contribution in [1.29, 1.82) is 0 Å². The van der Waals surface area contributed by atoms with Crippen molar-refractivity contribution in [1.82, 2.24) is 4.90 Å². The number of ether oxygens (including phenoxy) is 1. The van der Waals surface area contributed by atoms with Gasteiger partial charge in [-0.15, -0.1) is 0 Å². The summed E-state index contributed by atoms with van der Waals surface area (Å²) in [5.41, 5.74) is 0. The lowest BCUT2D eigenvalue weighted by Crippen LogP contribution is -2.48. The Kier molecular flexibility index (Phi) is 3.81. The molecule has 2 fully saturated rings. The Morgan fingerprint density at radius 1 is 1.25 bits per heavy atom. The van der Waals surface area contributed by atoms with Crippen LogP contribution in [0.15, 0.2) is 12.2 Å². The molecular formula is C16H23NO3. The van der Waals surface area contributed by atoms with Crippen molar-refractivity contribution >= 4 is 11.9 Å². The number of hydrogen-bond donors (Lipinski definition) is 0. The highest BCUT2D eigenvalue weighted by Gasteiger charge is 2.43. The molecule has 4 heteroatoms. The Labute approximate surface area is 120 Å². The van der Waals surface area contributed by atoms with Crippen molar-refractivity contribution in [3.63, 3.8) is 0 Å². The summed E-state index contributed by atoms with van der Waals surface area (Å²) in [6.07, 6.45) is 10.1. The van der Waals surface area contributed by atoms with Crippen molar-refractivity contribution < 1.29 is 14.3 Å². The van der Waals surface area contributed by atoms with Crippen LogP contribution in [0.1, 0.15) is 38.5 Å². The van der Waals surface area contributed by atoms with E-state index in [-0.39, 0.29) is 23.8 Å². The maximum absolute atomic E-state index is 12.8. The largest absolute Gasteiger partial charge is 0.469 e. The monoisotopic (exact) mass is 277 g/mol. The average Bonchev–Trinajstić information content (AvgIpc) is 3.09. The van der Waals surface area contributed by atoms with E-state index < -0.39 is 0 Å². The van der Waals surface area contributed by atoms with E-state index >= 15 is 0 Å². The third-order valence-electron chi connectivity index (χ3n) is 5.14. The van der Waals surface area contributed by atoms with Crippen molar-refractivity contribution in [2.75, 3.05) is 13.7 Å². The second-order valence-electron chi connectivity index (χ2n) is 6.35. The van der Waals surface area contributed by atoms with E-state index in [1.54, 1.807) is 0 Å². The van der Waals surface area contributed by atoms with Crippen LogP contribution in [0.25, 0.3) is 0 Å². The van der Waals surface area contributed by atoms with Crippen molar-refractivity contribution in [2.24, 2.45) is 17.8 Å². The highest BCUT2D eigenvalue weighted by molar-refractivity contribution is 5.81. The molecule has 0 aromatic carbocycles. The zero-order valence-corrected chi connectivity index (χ0v) is 12.1. The first-order valence-corrected chi connectivity index (χ1v) is 7.74. The molecule has 0 radical (unpaired) electrons.